The van der Waals surface area contributed by atoms with Gasteiger partial charge in [0.15, 0.2) is 0 Å². The number of carbonyl (C=O) groups is 1. The highest BCUT2D eigenvalue weighted by molar-refractivity contribution is 5.76. The first-order chi connectivity index (χ1) is 14.9. The number of aliphatic hydroxyl groups is 1. The predicted octanol–water partition coefficient (Wildman–Crippen LogP) is 3.23. The van der Waals surface area contributed by atoms with Crippen LogP contribution in [0.5, 0.6) is 0 Å². The van der Waals surface area contributed by atoms with Gasteiger partial charge in [0.1, 0.15) is 11.9 Å². The third kappa shape index (κ3) is 3.48. The normalized spacial score (nSPS) is 38.3. The first-order valence-electron chi connectivity index (χ1n) is 11.7. The summed E-state index contributed by atoms with van der Waals surface area (Å²) in [5.74, 6) is -0.374. The number of aliphatic hydroxyl groups excluding tert-OH is 1. The molecule has 0 unspecified atom stereocenters. The van der Waals surface area contributed by atoms with Crippen molar-refractivity contribution in [1.82, 2.24) is 4.90 Å². The van der Waals surface area contributed by atoms with Crippen molar-refractivity contribution in [3.05, 3.63) is 41.7 Å². The Bertz CT molecular complexity index is 864. The second-order valence-corrected chi connectivity index (χ2v) is 10.1. The van der Waals surface area contributed by atoms with Crippen molar-refractivity contribution >= 4 is 11.7 Å². The molecule has 1 N–H and O–H groups in total. The zero-order valence-corrected chi connectivity index (χ0v) is 18.5. The summed E-state index contributed by atoms with van der Waals surface area (Å²) in [6.45, 7) is 8.42. The van der Waals surface area contributed by atoms with Crippen LogP contribution in [0.3, 0.4) is 0 Å². The standard InChI is InChI=1S/C25H33FN2O3/c1-16-4-3-5-17-14-21-22(23(29)25(16,17)2)20(24(30)31-21)15-27-10-12-28(13-11-27)19-8-6-18(26)7-9-19/h5-9,16,20-23,29H,3-4,10-15H2,1-2H3/t16-,20+,21+,22+,23-,25+/m0/s1. The number of ether oxygens (including phenoxy) is 1. The van der Waals surface area contributed by atoms with Crippen molar-refractivity contribution in [2.24, 2.45) is 23.2 Å². The van der Waals surface area contributed by atoms with Gasteiger partial charge in [-0.3, -0.25) is 9.69 Å². The monoisotopic (exact) mass is 428 g/mol. The Morgan fingerprint density at radius 2 is 1.90 bits per heavy atom. The van der Waals surface area contributed by atoms with Crippen molar-refractivity contribution in [2.45, 2.75) is 45.3 Å². The van der Waals surface area contributed by atoms with Gasteiger partial charge >= 0.3 is 5.97 Å². The van der Waals surface area contributed by atoms with Crippen LogP contribution < -0.4 is 4.90 Å². The molecule has 1 aromatic rings. The topological polar surface area (TPSA) is 53.0 Å². The fourth-order valence-corrected chi connectivity index (χ4v) is 6.39. The molecule has 5 rings (SSSR count). The molecule has 5 nitrogen and oxygen atoms in total. The van der Waals surface area contributed by atoms with Gasteiger partial charge in [0.05, 0.1) is 12.0 Å². The quantitative estimate of drug-likeness (QED) is 0.592. The van der Waals surface area contributed by atoms with Gasteiger partial charge in [-0.2, -0.15) is 0 Å². The number of anilines is 1. The van der Waals surface area contributed by atoms with Crippen LogP contribution in [-0.2, 0) is 9.53 Å². The molecule has 6 heteroatoms. The van der Waals surface area contributed by atoms with Crippen LogP contribution in [0, 0.1) is 29.0 Å². The average Bonchev–Trinajstić information content (AvgIpc) is 3.07. The van der Waals surface area contributed by atoms with Crippen LogP contribution in [0.15, 0.2) is 35.9 Å². The zero-order chi connectivity index (χ0) is 21.8. The maximum Gasteiger partial charge on any atom is 0.311 e. The molecular weight excluding hydrogens is 395 g/mol. The lowest BCUT2D eigenvalue weighted by molar-refractivity contribution is -0.145. The minimum absolute atomic E-state index is 0.134. The summed E-state index contributed by atoms with van der Waals surface area (Å²) in [5.41, 5.74) is 2.05. The molecule has 0 amide bonds. The largest absolute Gasteiger partial charge is 0.461 e. The van der Waals surface area contributed by atoms with Gasteiger partial charge in [-0.15, -0.1) is 0 Å². The smallest absolute Gasteiger partial charge is 0.311 e. The Morgan fingerprint density at radius 3 is 2.61 bits per heavy atom. The number of fused-ring (bicyclic) bond motifs is 2. The first-order valence-corrected chi connectivity index (χ1v) is 11.7. The van der Waals surface area contributed by atoms with Crippen molar-refractivity contribution in [1.29, 1.82) is 0 Å². The van der Waals surface area contributed by atoms with Gasteiger partial charge in [0, 0.05) is 56.2 Å². The summed E-state index contributed by atoms with van der Waals surface area (Å²) in [5, 5.41) is 11.5. The molecular formula is C25H33FN2O3. The number of hydrogen-bond donors (Lipinski definition) is 1. The van der Waals surface area contributed by atoms with Crippen molar-refractivity contribution in [3.63, 3.8) is 0 Å². The molecule has 168 valence electrons. The lowest BCUT2D eigenvalue weighted by atomic mass is 9.55. The van der Waals surface area contributed by atoms with E-state index in [1.165, 1.54) is 17.7 Å². The highest BCUT2D eigenvalue weighted by Crippen LogP contribution is 2.56. The van der Waals surface area contributed by atoms with E-state index >= 15 is 0 Å². The van der Waals surface area contributed by atoms with Crippen LogP contribution >= 0.6 is 0 Å². The molecule has 0 radical (unpaired) electrons. The molecule has 3 fully saturated rings. The molecule has 2 saturated heterocycles. The fourth-order valence-electron chi connectivity index (χ4n) is 6.39. The molecule has 0 bridgehead atoms. The maximum atomic E-state index is 13.2. The summed E-state index contributed by atoms with van der Waals surface area (Å²) >= 11 is 0. The number of esters is 1. The third-order valence-corrected chi connectivity index (χ3v) is 8.59. The van der Waals surface area contributed by atoms with E-state index in [1.807, 2.05) is 12.1 Å². The van der Waals surface area contributed by atoms with Crippen molar-refractivity contribution < 1.29 is 19.0 Å². The number of hydrogen-bond acceptors (Lipinski definition) is 5. The van der Waals surface area contributed by atoms with E-state index in [-0.39, 0.29) is 35.1 Å². The van der Waals surface area contributed by atoms with E-state index in [0.29, 0.717) is 12.5 Å². The highest BCUT2D eigenvalue weighted by atomic mass is 19.1. The second kappa shape index (κ2) is 7.89. The van der Waals surface area contributed by atoms with Crippen LogP contribution in [-0.4, -0.2) is 60.9 Å². The van der Waals surface area contributed by atoms with Crippen LogP contribution in [0.25, 0.3) is 0 Å². The van der Waals surface area contributed by atoms with E-state index in [9.17, 15) is 14.3 Å². The van der Waals surface area contributed by atoms with Crippen LogP contribution in [0.4, 0.5) is 10.1 Å². The molecule has 0 spiro atoms. The maximum absolute atomic E-state index is 13.2. The Kier molecular flexibility index (Phi) is 5.33. The molecule has 6 atom stereocenters. The number of allylic oxidation sites excluding steroid dienone is 1. The van der Waals surface area contributed by atoms with E-state index in [2.05, 4.69) is 29.7 Å². The van der Waals surface area contributed by atoms with Crippen molar-refractivity contribution in [2.75, 3.05) is 37.6 Å². The summed E-state index contributed by atoms with van der Waals surface area (Å²) in [4.78, 5) is 17.4. The first kappa shape index (κ1) is 21.0. The number of carbonyl (C=O) groups excluding carboxylic acids is 1. The Morgan fingerprint density at radius 1 is 1.19 bits per heavy atom. The Balaban J connectivity index is 1.27. The minimum atomic E-state index is -0.551. The second-order valence-electron chi connectivity index (χ2n) is 10.1. The molecule has 1 saturated carbocycles. The van der Waals surface area contributed by atoms with Crippen LogP contribution in [0.1, 0.15) is 33.1 Å². The van der Waals surface area contributed by atoms with E-state index in [4.69, 9.17) is 4.74 Å². The lowest BCUT2D eigenvalue weighted by Gasteiger charge is -2.52. The summed E-state index contributed by atoms with van der Waals surface area (Å²) in [6.07, 6.45) is 4.42. The SMILES string of the molecule is C[C@H]1CCC=C2C[C@H]3OC(=O)[C@H](CN4CCN(c5ccc(F)cc5)CC4)[C@H]3[C@H](O)[C@@]21C. The molecule has 4 aliphatic rings. The molecule has 2 aliphatic carbocycles. The number of rotatable bonds is 3. The van der Waals surface area contributed by atoms with Gasteiger partial charge in [0.25, 0.3) is 0 Å². The van der Waals surface area contributed by atoms with Gasteiger partial charge in [-0.25, -0.2) is 4.39 Å². The van der Waals surface area contributed by atoms with Gasteiger partial charge in [0.2, 0.25) is 0 Å². The predicted molar refractivity (Wildman–Crippen MR) is 117 cm³/mol. The Hall–Kier alpha value is -1.92. The molecule has 2 heterocycles. The molecule has 31 heavy (non-hydrogen) atoms. The molecule has 2 aliphatic heterocycles. The molecule has 1 aromatic carbocycles. The highest BCUT2D eigenvalue weighted by Gasteiger charge is 2.59. The van der Waals surface area contributed by atoms with Gasteiger partial charge in [-0.1, -0.05) is 25.5 Å². The lowest BCUT2D eigenvalue weighted by Crippen LogP contribution is -2.55. The number of benzene rings is 1. The Labute approximate surface area is 183 Å². The summed E-state index contributed by atoms with van der Waals surface area (Å²) < 4.78 is 19.0. The molecule has 0 aromatic heterocycles. The third-order valence-electron chi connectivity index (χ3n) is 8.59. The van der Waals surface area contributed by atoms with Crippen LogP contribution in [0.2, 0.25) is 0 Å². The number of nitrogens with zero attached hydrogens (tertiary/aromatic N) is 2. The number of halogens is 1. The summed E-state index contributed by atoms with van der Waals surface area (Å²) in [7, 11) is 0. The van der Waals surface area contributed by atoms with E-state index < -0.39 is 6.10 Å². The van der Waals surface area contributed by atoms with Crippen molar-refractivity contribution in [3.8, 4) is 0 Å². The summed E-state index contributed by atoms with van der Waals surface area (Å²) in [6, 6.07) is 6.63. The fraction of sp³-hybridized carbons (Fsp3) is 0.640. The zero-order valence-electron chi connectivity index (χ0n) is 18.5. The van der Waals surface area contributed by atoms with E-state index in [0.717, 1.165) is 51.1 Å². The number of piperazine rings is 1. The van der Waals surface area contributed by atoms with Gasteiger partial charge < -0.3 is 14.7 Å². The van der Waals surface area contributed by atoms with E-state index in [1.54, 1.807) is 0 Å². The average molecular weight is 429 g/mol. The minimum Gasteiger partial charge on any atom is -0.461 e. The van der Waals surface area contributed by atoms with Gasteiger partial charge in [-0.05, 0) is 43.0 Å².